The first-order chi connectivity index (χ1) is 17.7. The molecule has 3 aromatic carbocycles. The molecule has 2 heterocycles. The van der Waals surface area contributed by atoms with Crippen molar-refractivity contribution >= 4 is 17.3 Å². The lowest BCUT2D eigenvalue weighted by Gasteiger charge is -2.36. The first-order valence-corrected chi connectivity index (χ1v) is 12.1. The van der Waals surface area contributed by atoms with Crippen LogP contribution in [0.3, 0.4) is 0 Å². The Balaban J connectivity index is 1.19. The Morgan fingerprint density at radius 1 is 0.889 bits per heavy atom. The van der Waals surface area contributed by atoms with Crippen molar-refractivity contribution in [2.45, 2.75) is 6.54 Å². The van der Waals surface area contributed by atoms with Gasteiger partial charge in [-0.1, -0.05) is 36.4 Å². The Kier molecular flexibility index (Phi) is 7.02. The molecule has 0 aliphatic carbocycles. The first kappa shape index (κ1) is 23.3. The van der Waals surface area contributed by atoms with Crippen LogP contribution in [-0.4, -0.2) is 42.0 Å². The maximum Gasteiger partial charge on any atom is 0.256 e. The second-order valence-electron chi connectivity index (χ2n) is 8.84. The first-order valence-electron chi connectivity index (χ1n) is 12.1. The van der Waals surface area contributed by atoms with Gasteiger partial charge in [0.2, 0.25) is 0 Å². The van der Waals surface area contributed by atoms with Crippen molar-refractivity contribution in [3.63, 3.8) is 0 Å². The van der Waals surface area contributed by atoms with E-state index in [0.717, 1.165) is 55.4 Å². The van der Waals surface area contributed by atoms with Gasteiger partial charge in [-0.05, 0) is 60.2 Å². The molecule has 0 bridgehead atoms. The number of nitrogens with zero attached hydrogens (tertiary/aromatic N) is 4. The average Bonchev–Trinajstić information content (AvgIpc) is 2.94. The SMILES string of the molecule is N#Cc1cccc(CN2CCN(c3ccc(NC(=O)c4ccccc4-c4ccccn4)cc3)CC2)c1. The lowest BCUT2D eigenvalue weighted by atomic mass is 10.0. The van der Waals surface area contributed by atoms with Crippen molar-refractivity contribution in [3.05, 3.63) is 114 Å². The molecule has 1 N–H and O–H groups in total. The van der Waals surface area contributed by atoms with E-state index in [9.17, 15) is 4.79 Å². The molecule has 6 nitrogen and oxygen atoms in total. The molecule has 0 atom stereocenters. The number of rotatable bonds is 6. The summed E-state index contributed by atoms with van der Waals surface area (Å²) < 4.78 is 0. The van der Waals surface area contributed by atoms with Gasteiger partial charge in [0.05, 0.1) is 17.3 Å². The van der Waals surface area contributed by atoms with E-state index in [-0.39, 0.29) is 5.91 Å². The van der Waals surface area contributed by atoms with Crippen LogP contribution in [0.4, 0.5) is 11.4 Å². The molecule has 0 saturated carbocycles. The minimum atomic E-state index is -0.155. The quantitative estimate of drug-likeness (QED) is 0.417. The van der Waals surface area contributed by atoms with Crippen LogP contribution in [0.1, 0.15) is 21.5 Å². The summed E-state index contributed by atoms with van der Waals surface area (Å²) in [5, 5.41) is 12.1. The van der Waals surface area contributed by atoms with Gasteiger partial charge in [0.1, 0.15) is 0 Å². The molecular formula is C30H27N5O. The molecule has 1 aliphatic rings. The van der Waals surface area contributed by atoms with Crippen molar-refractivity contribution in [3.8, 4) is 17.3 Å². The van der Waals surface area contributed by atoms with E-state index < -0.39 is 0 Å². The molecule has 36 heavy (non-hydrogen) atoms. The van der Waals surface area contributed by atoms with Crippen LogP contribution in [0.2, 0.25) is 0 Å². The number of anilines is 2. The number of aromatic nitrogens is 1. The number of nitriles is 1. The van der Waals surface area contributed by atoms with E-state index in [0.29, 0.717) is 11.1 Å². The Morgan fingerprint density at radius 2 is 1.67 bits per heavy atom. The van der Waals surface area contributed by atoms with Gasteiger partial charge in [-0.15, -0.1) is 0 Å². The van der Waals surface area contributed by atoms with Crippen molar-refractivity contribution in [2.75, 3.05) is 36.4 Å². The molecule has 0 unspecified atom stereocenters. The predicted molar refractivity (Wildman–Crippen MR) is 143 cm³/mol. The van der Waals surface area contributed by atoms with E-state index in [2.05, 4.69) is 44.4 Å². The zero-order chi connectivity index (χ0) is 24.7. The Labute approximate surface area is 211 Å². The number of nitrogens with one attached hydrogen (secondary N) is 1. The largest absolute Gasteiger partial charge is 0.369 e. The van der Waals surface area contributed by atoms with Gasteiger partial charge in [0.15, 0.2) is 0 Å². The number of carbonyl (C=O) groups excluding carboxylic acids is 1. The number of pyridine rings is 1. The van der Waals surface area contributed by atoms with E-state index in [1.807, 2.05) is 72.8 Å². The van der Waals surface area contributed by atoms with Crippen LogP contribution >= 0.6 is 0 Å². The zero-order valence-electron chi connectivity index (χ0n) is 20.0. The lowest BCUT2D eigenvalue weighted by Crippen LogP contribution is -2.45. The van der Waals surface area contributed by atoms with Gasteiger partial charge in [-0.2, -0.15) is 5.26 Å². The van der Waals surface area contributed by atoms with Gasteiger partial charge in [-0.25, -0.2) is 0 Å². The molecule has 1 fully saturated rings. The van der Waals surface area contributed by atoms with Crippen molar-refractivity contribution in [1.29, 1.82) is 5.26 Å². The second kappa shape index (κ2) is 10.9. The Morgan fingerprint density at radius 3 is 2.42 bits per heavy atom. The van der Waals surface area contributed by atoms with Crippen LogP contribution in [0.25, 0.3) is 11.3 Å². The van der Waals surface area contributed by atoms with Gasteiger partial charge in [0, 0.05) is 61.4 Å². The zero-order valence-corrected chi connectivity index (χ0v) is 20.0. The van der Waals surface area contributed by atoms with E-state index in [4.69, 9.17) is 5.26 Å². The summed E-state index contributed by atoms with van der Waals surface area (Å²) in [5.41, 5.74) is 5.96. The molecule has 6 heteroatoms. The molecule has 5 rings (SSSR count). The second-order valence-corrected chi connectivity index (χ2v) is 8.84. The highest BCUT2D eigenvalue weighted by atomic mass is 16.1. The number of piperazine rings is 1. The summed E-state index contributed by atoms with van der Waals surface area (Å²) in [6.45, 7) is 4.63. The molecule has 1 amide bonds. The monoisotopic (exact) mass is 473 g/mol. The van der Waals surface area contributed by atoms with E-state index >= 15 is 0 Å². The molecule has 4 aromatic rings. The molecule has 0 radical (unpaired) electrons. The normalized spacial score (nSPS) is 13.7. The third kappa shape index (κ3) is 5.43. The maximum absolute atomic E-state index is 13.0. The van der Waals surface area contributed by atoms with Gasteiger partial charge in [0.25, 0.3) is 5.91 Å². The number of hydrogen-bond donors (Lipinski definition) is 1. The summed E-state index contributed by atoms with van der Waals surface area (Å²) in [4.78, 5) is 22.2. The third-order valence-electron chi connectivity index (χ3n) is 6.44. The predicted octanol–water partition coefficient (Wildman–Crippen LogP) is 5.19. The molecular weight excluding hydrogens is 446 g/mol. The third-order valence-corrected chi connectivity index (χ3v) is 6.44. The highest BCUT2D eigenvalue weighted by Gasteiger charge is 2.18. The van der Waals surface area contributed by atoms with Crippen LogP contribution in [0.15, 0.2) is 97.2 Å². The van der Waals surface area contributed by atoms with E-state index in [1.54, 1.807) is 6.20 Å². The molecule has 178 valence electrons. The number of hydrogen-bond acceptors (Lipinski definition) is 5. The highest BCUT2D eigenvalue weighted by Crippen LogP contribution is 2.24. The van der Waals surface area contributed by atoms with Crippen LogP contribution in [0, 0.1) is 11.3 Å². The summed E-state index contributed by atoms with van der Waals surface area (Å²) in [7, 11) is 0. The van der Waals surface area contributed by atoms with Crippen molar-refractivity contribution < 1.29 is 4.79 Å². The fourth-order valence-corrected chi connectivity index (χ4v) is 4.54. The molecule has 1 aromatic heterocycles. The Bertz CT molecular complexity index is 1370. The van der Waals surface area contributed by atoms with Gasteiger partial charge >= 0.3 is 0 Å². The molecule has 1 aliphatic heterocycles. The highest BCUT2D eigenvalue weighted by molar-refractivity contribution is 6.08. The number of benzene rings is 3. The molecule has 0 spiro atoms. The van der Waals surface area contributed by atoms with Gasteiger partial charge < -0.3 is 10.2 Å². The maximum atomic E-state index is 13.0. The summed E-state index contributed by atoms with van der Waals surface area (Å²) in [6.07, 6.45) is 1.73. The Hall–Kier alpha value is -4.47. The smallest absolute Gasteiger partial charge is 0.256 e. The average molecular weight is 474 g/mol. The number of amides is 1. The van der Waals surface area contributed by atoms with Crippen LogP contribution in [-0.2, 0) is 6.54 Å². The van der Waals surface area contributed by atoms with Crippen molar-refractivity contribution in [1.82, 2.24) is 9.88 Å². The lowest BCUT2D eigenvalue weighted by molar-refractivity contribution is 0.102. The topological polar surface area (TPSA) is 72.3 Å². The fourth-order valence-electron chi connectivity index (χ4n) is 4.54. The summed E-state index contributed by atoms with van der Waals surface area (Å²) in [6, 6.07) is 31.3. The minimum Gasteiger partial charge on any atom is -0.369 e. The fraction of sp³-hybridized carbons (Fsp3) is 0.167. The summed E-state index contributed by atoms with van der Waals surface area (Å²) >= 11 is 0. The van der Waals surface area contributed by atoms with Crippen LogP contribution < -0.4 is 10.2 Å². The molecule has 1 saturated heterocycles. The standard InChI is InChI=1S/C30H27N5O/c31-21-23-6-5-7-24(20-23)22-34-16-18-35(19-17-34)26-13-11-25(12-14-26)33-30(36)28-9-2-1-8-27(28)29-10-3-4-15-32-29/h1-15,20H,16-19,22H2,(H,33,36). The van der Waals surface area contributed by atoms with E-state index in [1.165, 1.54) is 5.56 Å². The summed E-state index contributed by atoms with van der Waals surface area (Å²) in [5.74, 6) is -0.155. The van der Waals surface area contributed by atoms with Gasteiger partial charge in [-0.3, -0.25) is 14.7 Å². The number of carbonyl (C=O) groups is 1. The van der Waals surface area contributed by atoms with Crippen LogP contribution in [0.5, 0.6) is 0 Å². The van der Waals surface area contributed by atoms with Crippen molar-refractivity contribution in [2.24, 2.45) is 0 Å². The minimum absolute atomic E-state index is 0.155.